The molecule has 1 aromatic carbocycles. The smallest absolute Gasteiger partial charge is 0.407 e. The molecule has 1 amide bonds. The molecule has 1 heterocycles. The van der Waals surface area contributed by atoms with Gasteiger partial charge in [-0.1, -0.05) is 55.8 Å². The monoisotopic (exact) mass is 423 g/mol. The van der Waals surface area contributed by atoms with Gasteiger partial charge in [-0.2, -0.15) is 0 Å². The van der Waals surface area contributed by atoms with Crippen molar-refractivity contribution in [2.45, 2.75) is 66.0 Å². The van der Waals surface area contributed by atoms with Crippen LogP contribution in [0.5, 0.6) is 5.88 Å². The second kappa shape index (κ2) is 9.98. The van der Waals surface area contributed by atoms with Gasteiger partial charge in [0, 0.05) is 0 Å². The van der Waals surface area contributed by atoms with Gasteiger partial charge in [-0.05, 0) is 32.3 Å². The molecule has 0 spiro atoms. The van der Waals surface area contributed by atoms with Crippen LogP contribution in [0, 0.1) is 5.92 Å². The number of rotatable bonds is 8. The molecule has 1 atom stereocenters. The first-order valence-corrected chi connectivity index (χ1v) is 10.0. The Kier molecular flexibility index (Phi) is 7.93. The molecular weight excluding hydrogens is 394 g/mol. The van der Waals surface area contributed by atoms with Gasteiger partial charge in [0.25, 0.3) is 5.88 Å². The average Bonchev–Trinajstić information content (AvgIpc) is 2.93. The van der Waals surface area contributed by atoms with E-state index in [0.29, 0.717) is 18.8 Å². The minimum absolute atomic E-state index is 0.103. The highest BCUT2D eigenvalue weighted by Crippen LogP contribution is 2.29. The van der Waals surface area contributed by atoms with Crippen LogP contribution in [0.15, 0.2) is 30.3 Å². The zero-order valence-electron chi connectivity index (χ0n) is 17.6. The number of halogens is 1. The number of benzene rings is 1. The molecule has 2 aromatic rings. The van der Waals surface area contributed by atoms with E-state index in [-0.39, 0.29) is 29.5 Å². The summed E-state index contributed by atoms with van der Waals surface area (Å²) < 4.78 is 12.7. The van der Waals surface area contributed by atoms with Crippen molar-refractivity contribution in [3.05, 3.63) is 46.6 Å². The van der Waals surface area contributed by atoms with Crippen molar-refractivity contribution in [2.75, 3.05) is 0 Å². The van der Waals surface area contributed by atoms with Crippen molar-refractivity contribution in [1.82, 2.24) is 15.1 Å². The molecular formula is C21H30ClN3O4. The lowest BCUT2D eigenvalue weighted by atomic mass is 10.0. The molecule has 0 fully saturated rings. The van der Waals surface area contributed by atoms with Crippen molar-refractivity contribution in [2.24, 2.45) is 5.92 Å². The third kappa shape index (κ3) is 6.94. The number of nitrogens with one attached hydrogen (secondary N) is 1. The molecule has 0 aliphatic carbocycles. The minimum atomic E-state index is -0.588. The van der Waals surface area contributed by atoms with Gasteiger partial charge in [-0.25, -0.2) is 4.79 Å². The van der Waals surface area contributed by atoms with E-state index >= 15 is 0 Å². The van der Waals surface area contributed by atoms with Crippen molar-refractivity contribution in [3.8, 4) is 5.88 Å². The van der Waals surface area contributed by atoms with Crippen molar-refractivity contribution in [1.29, 1.82) is 0 Å². The molecule has 7 nitrogen and oxygen atoms in total. The van der Waals surface area contributed by atoms with E-state index in [1.54, 1.807) is 4.68 Å². The van der Waals surface area contributed by atoms with E-state index in [1.807, 2.05) is 65.0 Å². The zero-order chi connectivity index (χ0) is 21.6. The summed E-state index contributed by atoms with van der Waals surface area (Å²) in [6.07, 6.45) is -0.499. The fourth-order valence-electron chi connectivity index (χ4n) is 2.64. The number of aliphatic hydroxyl groups is 1. The lowest BCUT2D eigenvalue weighted by Gasteiger charge is -2.26. The Morgan fingerprint density at radius 3 is 2.48 bits per heavy atom. The molecule has 1 aromatic heterocycles. The van der Waals surface area contributed by atoms with E-state index in [4.69, 9.17) is 21.1 Å². The number of alkyl carbamates (subject to hydrolysis) is 1. The van der Waals surface area contributed by atoms with Crippen LogP contribution in [0.3, 0.4) is 0 Å². The van der Waals surface area contributed by atoms with Crippen LogP contribution < -0.4 is 10.1 Å². The molecule has 0 radical (unpaired) electrons. The molecule has 0 bridgehead atoms. The highest BCUT2D eigenvalue weighted by atomic mass is 35.5. The number of carbonyl (C=O) groups excluding carboxylic acids is 1. The van der Waals surface area contributed by atoms with Gasteiger partial charge in [0.15, 0.2) is 0 Å². The molecule has 0 saturated heterocycles. The normalized spacial score (nSPS) is 12.7. The van der Waals surface area contributed by atoms with Gasteiger partial charge in [0.1, 0.15) is 17.2 Å². The lowest BCUT2D eigenvalue weighted by molar-refractivity contribution is 0.0482. The largest absolute Gasteiger partial charge is 0.471 e. The van der Waals surface area contributed by atoms with E-state index in [1.165, 1.54) is 0 Å². The zero-order valence-corrected chi connectivity index (χ0v) is 18.4. The third-order valence-corrected chi connectivity index (χ3v) is 4.59. The van der Waals surface area contributed by atoms with Gasteiger partial charge in [-0.15, -0.1) is 5.10 Å². The predicted molar refractivity (Wildman–Crippen MR) is 112 cm³/mol. The Bertz CT molecular complexity index is 800. The predicted octanol–water partition coefficient (Wildman–Crippen LogP) is 4.16. The number of ether oxygens (including phenoxy) is 2. The number of aliphatic hydroxyl groups excluding tert-OH is 1. The second-order valence-electron chi connectivity index (χ2n) is 8.18. The summed E-state index contributed by atoms with van der Waals surface area (Å²) in [4.78, 5) is 12.2. The van der Waals surface area contributed by atoms with Crippen LogP contribution in [-0.2, 0) is 24.5 Å². The fraction of sp³-hybridized carbons (Fsp3) is 0.524. The Balaban J connectivity index is 2.13. The van der Waals surface area contributed by atoms with Crippen LogP contribution in [0.4, 0.5) is 4.79 Å². The van der Waals surface area contributed by atoms with Crippen LogP contribution in [0.2, 0.25) is 5.02 Å². The molecule has 2 rings (SSSR count). The summed E-state index contributed by atoms with van der Waals surface area (Å²) >= 11 is 6.37. The van der Waals surface area contributed by atoms with E-state index in [2.05, 4.69) is 10.4 Å². The first kappa shape index (κ1) is 23.0. The lowest BCUT2D eigenvalue weighted by Crippen LogP contribution is -2.44. The summed E-state index contributed by atoms with van der Waals surface area (Å²) in [7, 11) is 0. The van der Waals surface area contributed by atoms with Crippen LogP contribution in [0.1, 0.15) is 45.9 Å². The molecule has 29 heavy (non-hydrogen) atoms. The maximum Gasteiger partial charge on any atom is 0.407 e. The highest BCUT2D eigenvalue weighted by Gasteiger charge is 2.25. The molecule has 0 aliphatic rings. The second-order valence-corrected chi connectivity index (χ2v) is 8.56. The minimum Gasteiger partial charge on any atom is -0.471 e. The molecule has 0 saturated carbocycles. The van der Waals surface area contributed by atoms with Gasteiger partial charge in [-0.3, -0.25) is 4.68 Å². The topological polar surface area (TPSA) is 85.6 Å². The number of amides is 1. The van der Waals surface area contributed by atoms with Gasteiger partial charge < -0.3 is 19.9 Å². The Hall–Kier alpha value is -2.25. The molecule has 0 aliphatic heterocycles. The molecule has 8 heteroatoms. The quantitative estimate of drug-likeness (QED) is 0.665. The number of aromatic nitrogens is 2. The van der Waals surface area contributed by atoms with E-state index in [0.717, 1.165) is 5.56 Å². The first-order valence-electron chi connectivity index (χ1n) is 9.63. The summed E-state index contributed by atoms with van der Waals surface area (Å²) in [5.41, 5.74) is 0.830. The molecule has 0 unspecified atom stereocenters. The van der Waals surface area contributed by atoms with Crippen molar-refractivity contribution in [3.63, 3.8) is 0 Å². The van der Waals surface area contributed by atoms with Crippen LogP contribution in [0.25, 0.3) is 0 Å². The van der Waals surface area contributed by atoms with Gasteiger partial charge >= 0.3 is 6.09 Å². The van der Waals surface area contributed by atoms with Gasteiger partial charge in [0.2, 0.25) is 0 Å². The average molecular weight is 424 g/mol. The summed E-state index contributed by atoms with van der Waals surface area (Å²) in [6, 6.07) is 9.39. The summed E-state index contributed by atoms with van der Waals surface area (Å²) in [5.74, 6) is 0.352. The van der Waals surface area contributed by atoms with Crippen molar-refractivity contribution < 1.29 is 19.4 Å². The van der Waals surface area contributed by atoms with Gasteiger partial charge in [0.05, 0.1) is 24.9 Å². The Morgan fingerprint density at radius 2 is 1.93 bits per heavy atom. The van der Waals surface area contributed by atoms with Crippen molar-refractivity contribution >= 4 is 17.7 Å². The third-order valence-electron chi connectivity index (χ3n) is 4.21. The molecule has 160 valence electrons. The summed E-state index contributed by atoms with van der Waals surface area (Å²) in [5, 5.41) is 17.3. The summed E-state index contributed by atoms with van der Waals surface area (Å²) in [6.45, 7) is 9.74. The molecule has 2 N–H and O–H groups in total. The number of hydrogen-bond acceptors (Lipinski definition) is 5. The van der Waals surface area contributed by atoms with E-state index in [9.17, 15) is 9.90 Å². The number of hydrogen-bond donors (Lipinski definition) is 2. The fourth-order valence-corrected chi connectivity index (χ4v) is 2.89. The number of carbonyl (C=O) groups is 1. The Morgan fingerprint density at radius 1 is 1.28 bits per heavy atom. The highest BCUT2D eigenvalue weighted by molar-refractivity contribution is 6.32. The maximum atomic E-state index is 12.2. The van der Waals surface area contributed by atoms with Crippen LogP contribution in [-0.4, -0.2) is 32.6 Å². The maximum absolute atomic E-state index is 12.2. The standard InChI is InChI=1S/C21H30ClN3O4/c1-14(2)16(23-20(27)29-21(3,4)5)11-25-17(12-26)18(22)19(24-25)28-13-15-9-7-6-8-10-15/h6-10,14,16,26H,11-13H2,1-5H3,(H,23,27)/t16-/m0/s1. The SMILES string of the molecule is CC(C)[C@H](Cn1nc(OCc2ccccc2)c(Cl)c1CO)NC(=O)OC(C)(C)C. The first-order chi connectivity index (χ1) is 13.6. The van der Waals surface area contributed by atoms with E-state index < -0.39 is 11.7 Å². The van der Waals surface area contributed by atoms with Crippen LogP contribution >= 0.6 is 11.6 Å². The Labute approximate surface area is 177 Å². The number of nitrogens with zero attached hydrogens (tertiary/aromatic N) is 2.